The fourth-order valence-electron chi connectivity index (χ4n) is 2.72. The summed E-state index contributed by atoms with van der Waals surface area (Å²) in [5.41, 5.74) is -0.586. The Hall–Kier alpha value is -1.14. The second kappa shape index (κ2) is 7.92. The molecule has 0 amide bonds. The predicted octanol–water partition coefficient (Wildman–Crippen LogP) is 1.35. The van der Waals surface area contributed by atoms with E-state index >= 15 is 0 Å². The van der Waals surface area contributed by atoms with Gasteiger partial charge in [0.15, 0.2) is 0 Å². The molecule has 0 unspecified atom stereocenters. The van der Waals surface area contributed by atoms with Crippen LogP contribution in [-0.4, -0.2) is 59.4 Å². The molecule has 1 saturated heterocycles. The van der Waals surface area contributed by atoms with E-state index in [1.165, 1.54) is 0 Å². The molecule has 128 valence electrons. The SMILES string of the molecule is CCOC(=O)C[C@@H](C)[C@H](C(=O)OC(C)(C)C)N1CC[C@@H](O)C1. The lowest BCUT2D eigenvalue weighted by Gasteiger charge is -2.33. The van der Waals surface area contributed by atoms with Gasteiger partial charge >= 0.3 is 11.9 Å². The van der Waals surface area contributed by atoms with Crippen molar-refractivity contribution in [3.63, 3.8) is 0 Å². The molecule has 22 heavy (non-hydrogen) atoms. The molecule has 0 aliphatic carbocycles. The molecular formula is C16H29NO5. The number of aliphatic hydroxyl groups is 1. The standard InChI is InChI=1S/C16H29NO5/c1-6-21-13(19)9-11(2)14(15(20)22-16(3,4)5)17-8-7-12(18)10-17/h11-12,14,18H,6-10H2,1-5H3/t11-,12-,14-/m1/s1. The van der Waals surface area contributed by atoms with Gasteiger partial charge in [0, 0.05) is 13.1 Å². The number of hydrogen-bond acceptors (Lipinski definition) is 6. The van der Waals surface area contributed by atoms with Crippen molar-refractivity contribution in [2.75, 3.05) is 19.7 Å². The molecule has 0 saturated carbocycles. The minimum absolute atomic E-state index is 0.157. The van der Waals surface area contributed by atoms with Gasteiger partial charge in [0.25, 0.3) is 0 Å². The van der Waals surface area contributed by atoms with Crippen molar-refractivity contribution >= 4 is 11.9 Å². The Morgan fingerprint density at radius 2 is 2.00 bits per heavy atom. The molecule has 0 aromatic carbocycles. The Labute approximate surface area is 132 Å². The zero-order valence-electron chi connectivity index (χ0n) is 14.3. The molecule has 6 heteroatoms. The lowest BCUT2D eigenvalue weighted by Crippen LogP contribution is -2.48. The third-order valence-electron chi connectivity index (χ3n) is 3.57. The van der Waals surface area contributed by atoms with Crippen LogP contribution in [0.2, 0.25) is 0 Å². The molecule has 1 aliphatic heterocycles. The van der Waals surface area contributed by atoms with Gasteiger partial charge < -0.3 is 14.6 Å². The second-order valence-electron chi connectivity index (χ2n) is 6.90. The molecule has 0 aromatic rings. The van der Waals surface area contributed by atoms with Crippen LogP contribution in [0, 0.1) is 5.92 Å². The van der Waals surface area contributed by atoms with Crippen molar-refractivity contribution in [2.45, 2.75) is 65.2 Å². The molecule has 0 bridgehead atoms. The van der Waals surface area contributed by atoms with Crippen LogP contribution in [-0.2, 0) is 19.1 Å². The first-order valence-corrected chi connectivity index (χ1v) is 7.94. The Morgan fingerprint density at radius 3 is 2.45 bits per heavy atom. The minimum atomic E-state index is -0.586. The number of rotatable bonds is 6. The van der Waals surface area contributed by atoms with Crippen LogP contribution in [0.4, 0.5) is 0 Å². The van der Waals surface area contributed by atoms with Crippen LogP contribution >= 0.6 is 0 Å². The maximum absolute atomic E-state index is 12.5. The summed E-state index contributed by atoms with van der Waals surface area (Å²) in [5, 5.41) is 9.73. The van der Waals surface area contributed by atoms with Crippen molar-refractivity contribution in [1.82, 2.24) is 4.90 Å². The number of hydrogen-bond donors (Lipinski definition) is 1. The van der Waals surface area contributed by atoms with E-state index in [-0.39, 0.29) is 24.3 Å². The normalized spacial score (nSPS) is 22.2. The molecule has 0 spiro atoms. The van der Waals surface area contributed by atoms with Crippen LogP contribution in [0.15, 0.2) is 0 Å². The maximum Gasteiger partial charge on any atom is 0.324 e. The zero-order chi connectivity index (χ0) is 16.9. The molecule has 1 fully saturated rings. The average molecular weight is 315 g/mol. The van der Waals surface area contributed by atoms with Crippen LogP contribution in [0.5, 0.6) is 0 Å². The van der Waals surface area contributed by atoms with E-state index in [0.717, 1.165) is 0 Å². The lowest BCUT2D eigenvalue weighted by atomic mass is 9.96. The largest absolute Gasteiger partial charge is 0.466 e. The molecule has 1 N–H and O–H groups in total. The lowest BCUT2D eigenvalue weighted by molar-refractivity contribution is -0.164. The van der Waals surface area contributed by atoms with Crippen LogP contribution < -0.4 is 0 Å². The van der Waals surface area contributed by atoms with E-state index in [1.54, 1.807) is 6.92 Å². The molecule has 0 aromatic heterocycles. The summed E-state index contributed by atoms with van der Waals surface area (Å²) in [4.78, 5) is 26.1. The topological polar surface area (TPSA) is 76.1 Å². The minimum Gasteiger partial charge on any atom is -0.466 e. The first-order chi connectivity index (χ1) is 10.1. The molecule has 6 nitrogen and oxygen atoms in total. The summed E-state index contributed by atoms with van der Waals surface area (Å²) >= 11 is 0. The van der Waals surface area contributed by atoms with Gasteiger partial charge in [-0.15, -0.1) is 0 Å². The van der Waals surface area contributed by atoms with E-state index in [9.17, 15) is 14.7 Å². The zero-order valence-corrected chi connectivity index (χ0v) is 14.3. The number of β-amino-alcohol motifs (C(OH)–C–C–N with tert-alkyl or cyclic N) is 1. The third-order valence-corrected chi connectivity index (χ3v) is 3.57. The highest BCUT2D eigenvalue weighted by atomic mass is 16.6. The summed E-state index contributed by atoms with van der Waals surface area (Å²) in [5.74, 6) is -0.902. The maximum atomic E-state index is 12.5. The summed E-state index contributed by atoms with van der Waals surface area (Å²) in [7, 11) is 0. The van der Waals surface area contributed by atoms with Crippen LogP contribution in [0.25, 0.3) is 0 Å². The highest BCUT2D eigenvalue weighted by Crippen LogP contribution is 2.24. The molecular weight excluding hydrogens is 286 g/mol. The number of carbonyl (C=O) groups is 2. The quantitative estimate of drug-likeness (QED) is 0.746. The second-order valence-corrected chi connectivity index (χ2v) is 6.90. The van der Waals surface area contributed by atoms with Crippen molar-refractivity contribution < 1.29 is 24.2 Å². The first-order valence-electron chi connectivity index (χ1n) is 7.94. The molecule has 0 radical (unpaired) electrons. The summed E-state index contributed by atoms with van der Waals surface area (Å²) in [6.07, 6.45) is 0.357. The van der Waals surface area contributed by atoms with E-state index < -0.39 is 17.7 Å². The molecule has 1 heterocycles. The Kier molecular flexibility index (Phi) is 6.81. The van der Waals surface area contributed by atoms with Crippen molar-refractivity contribution in [3.05, 3.63) is 0 Å². The first kappa shape index (κ1) is 18.9. The van der Waals surface area contributed by atoms with Crippen molar-refractivity contribution in [1.29, 1.82) is 0 Å². The summed E-state index contributed by atoms with van der Waals surface area (Å²) < 4.78 is 10.5. The van der Waals surface area contributed by atoms with E-state index in [2.05, 4.69) is 0 Å². The predicted molar refractivity (Wildman–Crippen MR) is 82.2 cm³/mol. The van der Waals surface area contributed by atoms with Crippen molar-refractivity contribution in [3.8, 4) is 0 Å². The van der Waals surface area contributed by atoms with Crippen LogP contribution in [0.1, 0.15) is 47.5 Å². The fourth-order valence-corrected chi connectivity index (χ4v) is 2.72. The van der Waals surface area contributed by atoms with Gasteiger partial charge in [-0.1, -0.05) is 6.92 Å². The van der Waals surface area contributed by atoms with Gasteiger partial charge in [-0.05, 0) is 40.0 Å². The number of esters is 2. The Morgan fingerprint density at radius 1 is 1.36 bits per heavy atom. The molecule has 3 atom stereocenters. The number of ether oxygens (including phenoxy) is 2. The average Bonchev–Trinajstić information content (AvgIpc) is 2.73. The smallest absolute Gasteiger partial charge is 0.324 e. The highest BCUT2D eigenvalue weighted by molar-refractivity contribution is 5.78. The van der Waals surface area contributed by atoms with E-state index in [4.69, 9.17) is 9.47 Å². The van der Waals surface area contributed by atoms with Crippen molar-refractivity contribution in [2.24, 2.45) is 5.92 Å². The van der Waals surface area contributed by atoms with Gasteiger partial charge in [-0.25, -0.2) is 0 Å². The van der Waals surface area contributed by atoms with Gasteiger partial charge in [0.05, 0.1) is 19.1 Å². The number of likely N-dealkylation sites (tertiary alicyclic amines) is 1. The molecule has 1 rings (SSSR count). The van der Waals surface area contributed by atoms with Gasteiger partial charge in [-0.3, -0.25) is 14.5 Å². The number of nitrogens with zero attached hydrogens (tertiary/aromatic N) is 1. The van der Waals surface area contributed by atoms with Gasteiger partial charge in [0.1, 0.15) is 11.6 Å². The van der Waals surface area contributed by atoms with E-state index in [1.807, 2.05) is 32.6 Å². The monoisotopic (exact) mass is 315 g/mol. The van der Waals surface area contributed by atoms with Crippen LogP contribution in [0.3, 0.4) is 0 Å². The summed E-state index contributed by atoms with van der Waals surface area (Å²) in [6, 6.07) is -0.541. The highest BCUT2D eigenvalue weighted by Gasteiger charge is 2.38. The van der Waals surface area contributed by atoms with E-state index in [0.29, 0.717) is 26.1 Å². The Bertz CT molecular complexity index is 390. The summed E-state index contributed by atoms with van der Waals surface area (Å²) in [6.45, 7) is 10.4. The third kappa shape index (κ3) is 5.93. The molecule has 1 aliphatic rings. The van der Waals surface area contributed by atoms with Gasteiger partial charge in [-0.2, -0.15) is 0 Å². The van der Waals surface area contributed by atoms with Gasteiger partial charge in [0.2, 0.25) is 0 Å². The fraction of sp³-hybridized carbons (Fsp3) is 0.875. The Balaban J connectivity index is 2.81. The number of aliphatic hydroxyl groups excluding tert-OH is 1. The number of carbonyl (C=O) groups excluding carboxylic acids is 2.